The minimum absolute atomic E-state index is 0.239. The van der Waals surface area contributed by atoms with E-state index in [-0.39, 0.29) is 5.82 Å². The third-order valence-electron chi connectivity index (χ3n) is 4.71. The molecule has 3 rings (SSSR count). The van der Waals surface area contributed by atoms with E-state index in [4.69, 9.17) is 12.2 Å². The zero-order valence-corrected chi connectivity index (χ0v) is 14.6. The first-order valence-corrected chi connectivity index (χ1v) is 8.82. The molecule has 0 unspecified atom stereocenters. The number of hydrogen-bond acceptors (Lipinski definition) is 1. The molecule has 2 nitrogen and oxygen atoms in total. The predicted molar refractivity (Wildman–Crippen MR) is 90.5 cm³/mol. The average Bonchev–Trinajstić information content (AvgIpc) is 2.74. The first kappa shape index (κ1) is 15.2. The summed E-state index contributed by atoms with van der Waals surface area (Å²) in [4.78, 5) is 3.17. The average molecular weight is 371 g/mol. The molecule has 1 aliphatic carbocycles. The molecule has 114 valence electrons. The third-order valence-corrected chi connectivity index (χ3v) is 5.64. The van der Waals surface area contributed by atoms with Gasteiger partial charge in [0.2, 0.25) is 0 Å². The molecule has 0 aliphatic heterocycles. The van der Waals surface area contributed by atoms with E-state index in [0.29, 0.717) is 9.24 Å². The van der Waals surface area contributed by atoms with E-state index in [1.54, 1.807) is 12.1 Å². The number of fused-ring (bicyclic) bond motifs is 1. The number of imidazole rings is 1. The van der Waals surface area contributed by atoms with Crippen molar-refractivity contribution in [3.05, 3.63) is 27.2 Å². The highest BCUT2D eigenvalue weighted by molar-refractivity contribution is 9.10. The number of rotatable bonds is 3. The number of aromatic amines is 1. The fraction of sp³-hybridized carbons (Fsp3) is 0.562. The van der Waals surface area contributed by atoms with Crippen molar-refractivity contribution in [2.75, 3.05) is 0 Å². The Hall–Kier alpha value is -0.680. The Morgan fingerprint density at radius 2 is 2.05 bits per heavy atom. The van der Waals surface area contributed by atoms with Crippen molar-refractivity contribution < 1.29 is 4.39 Å². The smallest absolute Gasteiger partial charge is 0.178 e. The fourth-order valence-corrected chi connectivity index (χ4v) is 3.95. The second-order valence-electron chi connectivity index (χ2n) is 6.28. The van der Waals surface area contributed by atoms with Gasteiger partial charge >= 0.3 is 0 Å². The molecule has 0 saturated heterocycles. The highest BCUT2D eigenvalue weighted by atomic mass is 79.9. The van der Waals surface area contributed by atoms with Crippen LogP contribution in [0.15, 0.2) is 16.6 Å². The number of aryl methyl sites for hydroxylation is 1. The largest absolute Gasteiger partial charge is 0.331 e. The van der Waals surface area contributed by atoms with Gasteiger partial charge in [0.1, 0.15) is 5.82 Å². The number of hydrogen-bond donors (Lipinski definition) is 1. The Balaban J connectivity index is 1.79. The monoisotopic (exact) mass is 370 g/mol. The van der Waals surface area contributed by atoms with Gasteiger partial charge in [-0.05, 0) is 52.5 Å². The number of nitrogens with one attached hydrogen (secondary N) is 1. The SMILES string of the molecule is CC1CCC(CCn2c(=S)[nH]c3cc(Br)c(F)cc32)CC1. The normalized spacial score (nSPS) is 22.8. The molecule has 0 atom stereocenters. The standard InChI is InChI=1S/C16H20BrFN2S/c1-10-2-4-11(5-3-10)6-7-20-15-9-13(18)12(17)8-14(15)19-16(20)21/h8-11H,2-7H2,1H3,(H,19,21). The van der Waals surface area contributed by atoms with Crippen LogP contribution in [0.4, 0.5) is 4.39 Å². The van der Waals surface area contributed by atoms with Crippen molar-refractivity contribution in [2.24, 2.45) is 11.8 Å². The van der Waals surface area contributed by atoms with Gasteiger partial charge in [-0.15, -0.1) is 0 Å². The summed E-state index contributed by atoms with van der Waals surface area (Å²) >= 11 is 8.61. The molecular formula is C16H20BrFN2S. The molecule has 0 bridgehead atoms. The summed E-state index contributed by atoms with van der Waals surface area (Å²) in [6.45, 7) is 3.21. The molecule has 1 heterocycles. The Morgan fingerprint density at radius 3 is 2.76 bits per heavy atom. The summed E-state index contributed by atoms with van der Waals surface area (Å²) < 4.78 is 17.0. The maximum absolute atomic E-state index is 13.8. The van der Waals surface area contributed by atoms with Gasteiger partial charge in [0.25, 0.3) is 0 Å². The van der Waals surface area contributed by atoms with Crippen LogP contribution in [-0.4, -0.2) is 9.55 Å². The van der Waals surface area contributed by atoms with Crippen LogP contribution in [0.5, 0.6) is 0 Å². The maximum Gasteiger partial charge on any atom is 0.178 e. The fourth-order valence-electron chi connectivity index (χ4n) is 3.30. The summed E-state index contributed by atoms with van der Waals surface area (Å²) in [7, 11) is 0. The summed E-state index contributed by atoms with van der Waals surface area (Å²) in [6, 6.07) is 3.33. The van der Waals surface area contributed by atoms with Gasteiger partial charge in [0, 0.05) is 12.6 Å². The van der Waals surface area contributed by atoms with Crippen LogP contribution in [0.25, 0.3) is 11.0 Å². The molecule has 2 aromatic rings. The number of halogens is 2. The molecule has 1 saturated carbocycles. The second kappa shape index (κ2) is 6.21. The minimum atomic E-state index is -0.239. The van der Waals surface area contributed by atoms with Crippen molar-refractivity contribution in [3.63, 3.8) is 0 Å². The summed E-state index contributed by atoms with van der Waals surface area (Å²) in [5.74, 6) is 1.42. The van der Waals surface area contributed by atoms with Crippen molar-refractivity contribution in [3.8, 4) is 0 Å². The van der Waals surface area contributed by atoms with Crippen LogP contribution in [0.3, 0.4) is 0 Å². The lowest BCUT2D eigenvalue weighted by Crippen LogP contribution is -2.14. The molecule has 1 aromatic heterocycles. The van der Waals surface area contributed by atoms with Gasteiger partial charge in [0.05, 0.1) is 15.5 Å². The Labute approximate surface area is 137 Å². The molecule has 0 radical (unpaired) electrons. The lowest BCUT2D eigenvalue weighted by atomic mass is 9.81. The molecule has 21 heavy (non-hydrogen) atoms. The Bertz CT molecular complexity index is 698. The van der Waals surface area contributed by atoms with Crippen LogP contribution in [0.1, 0.15) is 39.0 Å². The minimum Gasteiger partial charge on any atom is -0.331 e. The van der Waals surface area contributed by atoms with Gasteiger partial charge in [-0.2, -0.15) is 0 Å². The first-order chi connectivity index (χ1) is 10.0. The third kappa shape index (κ3) is 3.24. The van der Waals surface area contributed by atoms with E-state index in [2.05, 4.69) is 27.8 Å². The number of H-pyrrole nitrogens is 1. The lowest BCUT2D eigenvalue weighted by molar-refractivity contribution is 0.269. The van der Waals surface area contributed by atoms with E-state index in [1.165, 1.54) is 25.7 Å². The van der Waals surface area contributed by atoms with Gasteiger partial charge in [-0.25, -0.2) is 4.39 Å². The highest BCUT2D eigenvalue weighted by Crippen LogP contribution is 2.31. The summed E-state index contributed by atoms with van der Waals surface area (Å²) in [5.41, 5.74) is 1.76. The summed E-state index contributed by atoms with van der Waals surface area (Å²) in [6.07, 6.45) is 6.44. The Morgan fingerprint density at radius 1 is 1.33 bits per heavy atom. The van der Waals surface area contributed by atoms with Crippen LogP contribution < -0.4 is 0 Å². The van der Waals surface area contributed by atoms with E-state index in [9.17, 15) is 4.39 Å². The highest BCUT2D eigenvalue weighted by Gasteiger charge is 2.18. The van der Waals surface area contributed by atoms with Crippen molar-refractivity contribution >= 4 is 39.2 Å². The molecule has 1 aliphatic rings. The van der Waals surface area contributed by atoms with Gasteiger partial charge in [-0.3, -0.25) is 0 Å². The van der Waals surface area contributed by atoms with Crippen LogP contribution in [-0.2, 0) is 6.54 Å². The molecule has 5 heteroatoms. The zero-order valence-electron chi connectivity index (χ0n) is 12.2. The topological polar surface area (TPSA) is 20.7 Å². The first-order valence-electron chi connectivity index (χ1n) is 7.62. The predicted octanol–water partition coefficient (Wildman–Crippen LogP) is 5.82. The van der Waals surface area contributed by atoms with Crippen LogP contribution >= 0.6 is 28.1 Å². The van der Waals surface area contributed by atoms with Gasteiger partial charge in [0.15, 0.2) is 4.77 Å². The maximum atomic E-state index is 13.8. The van der Waals surface area contributed by atoms with Crippen LogP contribution in [0, 0.1) is 22.4 Å². The van der Waals surface area contributed by atoms with Crippen molar-refractivity contribution in [2.45, 2.75) is 45.6 Å². The number of nitrogens with zero attached hydrogens (tertiary/aromatic N) is 1. The molecular weight excluding hydrogens is 351 g/mol. The lowest BCUT2D eigenvalue weighted by Gasteiger charge is -2.26. The van der Waals surface area contributed by atoms with E-state index in [1.807, 2.05) is 4.57 Å². The van der Waals surface area contributed by atoms with E-state index < -0.39 is 0 Å². The number of benzene rings is 1. The molecule has 1 fully saturated rings. The van der Waals surface area contributed by atoms with Crippen molar-refractivity contribution in [1.29, 1.82) is 0 Å². The van der Waals surface area contributed by atoms with Gasteiger partial charge in [-0.1, -0.05) is 32.6 Å². The molecule has 0 spiro atoms. The van der Waals surface area contributed by atoms with Gasteiger partial charge < -0.3 is 9.55 Å². The van der Waals surface area contributed by atoms with Crippen LogP contribution in [0.2, 0.25) is 0 Å². The summed E-state index contributed by atoms with van der Waals surface area (Å²) in [5, 5.41) is 0. The van der Waals surface area contributed by atoms with Crippen molar-refractivity contribution in [1.82, 2.24) is 9.55 Å². The van der Waals surface area contributed by atoms with E-state index >= 15 is 0 Å². The second-order valence-corrected chi connectivity index (χ2v) is 7.52. The Kier molecular flexibility index (Phi) is 4.50. The quantitative estimate of drug-likeness (QED) is 0.675. The molecule has 0 amide bonds. The molecule has 1 N–H and O–H groups in total. The molecule has 1 aromatic carbocycles. The van der Waals surface area contributed by atoms with E-state index in [0.717, 1.165) is 35.8 Å². The number of aromatic nitrogens is 2. The zero-order chi connectivity index (χ0) is 15.0.